The molecule has 13 rings (SSSR count). The maximum Gasteiger partial charge on any atom is 0.160 e. The highest BCUT2D eigenvalue weighted by Crippen LogP contribution is 2.51. The van der Waals surface area contributed by atoms with Crippen molar-refractivity contribution in [1.29, 1.82) is 0 Å². The Morgan fingerprint density at radius 2 is 1.15 bits per heavy atom. The van der Waals surface area contributed by atoms with Gasteiger partial charge in [-0.05, 0) is 106 Å². The van der Waals surface area contributed by atoms with Gasteiger partial charge in [0, 0.05) is 69.9 Å². The summed E-state index contributed by atoms with van der Waals surface area (Å²) in [5.41, 5.74) is 16.1. The van der Waals surface area contributed by atoms with Gasteiger partial charge in [0.25, 0.3) is 0 Å². The highest BCUT2D eigenvalue weighted by Gasteiger charge is 2.36. The number of para-hydroxylation sites is 2. The summed E-state index contributed by atoms with van der Waals surface area (Å²) in [6.07, 6.45) is 0. The topological polar surface area (TPSA) is 21.3 Å². The van der Waals surface area contributed by atoms with Gasteiger partial charge in [-0.3, -0.25) is 0 Å². The minimum absolute atomic E-state index is 0.134. The number of furan rings is 1. The molecule has 12 aromatic rings. The highest BCUT2D eigenvalue weighted by molar-refractivity contribution is 7.26. The molecular formula is C57H38N2OS. The predicted molar refractivity (Wildman–Crippen MR) is 259 cm³/mol. The van der Waals surface area contributed by atoms with Gasteiger partial charge in [0.05, 0.1) is 11.0 Å². The van der Waals surface area contributed by atoms with E-state index in [-0.39, 0.29) is 5.41 Å². The Bertz CT molecular complexity index is 3740. The van der Waals surface area contributed by atoms with Crippen molar-refractivity contribution in [1.82, 2.24) is 4.57 Å². The molecule has 4 heteroatoms. The number of rotatable bonds is 5. The summed E-state index contributed by atoms with van der Waals surface area (Å²) < 4.78 is 11.7. The van der Waals surface area contributed by atoms with E-state index in [0.717, 1.165) is 61.1 Å². The fourth-order valence-corrected chi connectivity index (χ4v) is 11.5. The molecule has 288 valence electrons. The van der Waals surface area contributed by atoms with Gasteiger partial charge in [-0.1, -0.05) is 135 Å². The summed E-state index contributed by atoms with van der Waals surface area (Å²) in [7, 11) is 0. The lowest BCUT2D eigenvalue weighted by atomic mass is 9.82. The first-order chi connectivity index (χ1) is 30.0. The molecule has 1 aliphatic carbocycles. The minimum Gasteiger partial charge on any atom is -0.454 e. The Labute approximate surface area is 357 Å². The summed E-state index contributed by atoms with van der Waals surface area (Å²) >= 11 is 1.88. The van der Waals surface area contributed by atoms with Crippen LogP contribution in [0.2, 0.25) is 0 Å². The second kappa shape index (κ2) is 12.8. The molecule has 0 amide bonds. The van der Waals surface area contributed by atoms with Crippen LogP contribution in [0.1, 0.15) is 25.0 Å². The summed E-state index contributed by atoms with van der Waals surface area (Å²) in [5, 5.41) is 7.21. The van der Waals surface area contributed by atoms with Crippen LogP contribution in [0.3, 0.4) is 0 Å². The van der Waals surface area contributed by atoms with Crippen molar-refractivity contribution < 1.29 is 4.42 Å². The van der Waals surface area contributed by atoms with Crippen molar-refractivity contribution in [2.24, 2.45) is 0 Å². The molecule has 9 aromatic carbocycles. The lowest BCUT2D eigenvalue weighted by molar-refractivity contribution is 0.660. The Kier molecular flexibility index (Phi) is 7.23. The van der Waals surface area contributed by atoms with Gasteiger partial charge < -0.3 is 13.9 Å². The number of hydrogen-bond acceptors (Lipinski definition) is 3. The number of hydrogen-bond donors (Lipinski definition) is 0. The summed E-state index contributed by atoms with van der Waals surface area (Å²) in [6.45, 7) is 4.72. The molecule has 0 fully saturated rings. The molecule has 3 heterocycles. The van der Waals surface area contributed by atoms with Gasteiger partial charge in [-0.15, -0.1) is 11.3 Å². The van der Waals surface area contributed by atoms with Crippen molar-refractivity contribution in [2.45, 2.75) is 19.3 Å². The van der Waals surface area contributed by atoms with Crippen LogP contribution in [0.5, 0.6) is 0 Å². The number of thiophene rings is 1. The smallest absolute Gasteiger partial charge is 0.160 e. The fraction of sp³-hybridized carbons (Fsp3) is 0.0526. The minimum atomic E-state index is -0.134. The monoisotopic (exact) mass is 798 g/mol. The van der Waals surface area contributed by atoms with E-state index in [1.165, 1.54) is 58.9 Å². The Balaban J connectivity index is 1.03. The maximum absolute atomic E-state index is 6.72. The van der Waals surface area contributed by atoms with Crippen LogP contribution in [0, 0.1) is 0 Å². The number of anilines is 3. The van der Waals surface area contributed by atoms with E-state index in [1.807, 2.05) is 17.4 Å². The normalized spacial score (nSPS) is 13.2. The number of fused-ring (bicyclic) bond motifs is 13. The molecule has 0 saturated carbocycles. The molecule has 61 heavy (non-hydrogen) atoms. The Morgan fingerprint density at radius 3 is 2.03 bits per heavy atom. The molecule has 0 aliphatic heterocycles. The standard InChI is InChI=1S/C57H38N2OS/c1-57(2)49-20-9-6-15-41(49)42-29-27-39(34-50(42)57)58(37-25-23-35(24-26-37)40-18-12-19-47-44-17-8-11-22-53(44)61-56(40)47)38-28-32-51-48(33-38)45-30-31-46-43-16-7-10-21-52(43)60-55(46)54(45)59(51)36-13-4-3-5-14-36/h3-34H,1-2H3. The van der Waals surface area contributed by atoms with Crippen LogP contribution < -0.4 is 4.90 Å². The lowest BCUT2D eigenvalue weighted by Crippen LogP contribution is -2.16. The molecule has 1 aliphatic rings. The summed E-state index contributed by atoms with van der Waals surface area (Å²) in [4.78, 5) is 2.44. The van der Waals surface area contributed by atoms with Gasteiger partial charge in [0.15, 0.2) is 5.58 Å². The zero-order valence-electron chi connectivity index (χ0n) is 33.7. The van der Waals surface area contributed by atoms with Gasteiger partial charge in [0.2, 0.25) is 0 Å². The molecule has 0 bridgehead atoms. The number of benzene rings is 9. The molecule has 3 nitrogen and oxygen atoms in total. The van der Waals surface area contributed by atoms with E-state index in [0.29, 0.717) is 0 Å². The SMILES string of the molecule is CC1(C)c2ccccc2-c2ccc(N(c3ccc(-c4cccc5c4sc4ccccc45)cc3)c3ccc4c(c3)c3ccc5c6ccccc6oc5c3n4-c3ccccc3)cc21. The maximum atomic E-state index is 6.72. The molecular weight excluding hydrogens is 761 g/mol. The molecule has 3 aromatic heterocycles. The second-order valence-electron chi connectivity index (χ2n) is 16.9. The first kappa shape index (κ1) is 34.5. The Hall–Kier alpha value is -7.40. The molecule has 0 N–H and O–H groups in total. The highest BCUT2D eigenvalue weighted by atomic mass is 32.1. The summed E-state index contributed by atoms with van der Waals surface area (Å²) in [6, 6.07) is 71.1. The first-order valence-corrected chi connectivity index (χ1v) is 21.8. The number of aromatic nitrogens is 1. The van der Waals surface area contributed by atoms with Gasteiger partial charge in [0.1, 0.15) is 5.58 Å². The molecule has 0 saturated heterocycles. The quantitative estimate of drug-likeness (QED) is 0.173. The largest absolute Gasteiger partial charge is 0.454 e. The van der Waals surface area contributed by atoms with Crippen LogP contribution in [-0.4, -0.2) is 4.57 Å². The molecule has 0 unspecified atom stereocenters. The number of nitrogens with zero attached hydrogens (tertiary/aromatic N) is 2. The van der Waals surface area contributed by atoms with Gasteiger partial charge >= 0.3 is 0 Å². The van der Waals surface area contributed by atoms with E-state index in [2.05, 4.69) is 211 Å². The first-order valence-electron chi connectivity index (χ1n) is 21.0. The zero-order chi connectivity index (χ0) is 40.4. The van der Waals surface area contributed by atoms with Crippen LogP contribution in [0.4, 0.5) is 17.1 Å². The van der Waals surface area contributed by atoms with Gasteiger partial charge in [-0.2, -0.15) is 0 Å². The lowest BCUT2D eigenvalue weighted by Gasteiger charge is -2.28. The van der Waals surface area contributed by atoms with Crippen LogP contribution in [-0.2, 0) is 5.41 Å². The average molecular weight is 799 g/mol. The average Bonchev–Trinajstić information content (AvgIpc) is 4.04. The van der Waals surface area contributed by atoms with E-state index in [9.17, 15) is 0 Å². The van der Waals surface area contributed by atoms with Crippen LogP contribution in [0.25, 0.3) is 91.9 Å². The van der Waals surface area contributed by atoms with E-state index >= 15 is 0 Å². The Morgan fingerprint density at radius 1 is 0.475 bits per heavy atom. The summed E-state index contributed by atoms with van der Waals surface area (Å²) in [5.74, 6) is 0. The molecule has 0 spiro atoms. The van der Waals surface area contributed by atoms with Crippen molar-refractivity contribution in [3.05, 3.63) is 205 Å². The van der Waals surface area contributed by atoms with Crippen molar-refractivity contribution >= 4 is 92.3 Å². The van der Waals surface area contributed by atoms with Gasteiger partial charge in [-0.25, -0.2) is 0 Å². The van der Waals surface area contributed by atoms with E-state index in [1.54, 1.807) is 0 Å². The van der Waals surface area contributed by atoms with E-state index < -0.39 is 0 Å². The third kappa shape index (κ3) is 4.97. The zero-order valence-corrected chi connectivity index (χ0v) is 34.5. The molecule has 0 atom stereocenters. The van der Waals surface area contributed by atoms with Crippen molar-refractivity contribution in [3.63, 3.8) is 0 Å². The second-order valence-corrected chi connectivity index (χ2v) is 17.9. The van der Waals surface area contributed by atoms with Crippen molar-refractivity contribution in [2.75, 3.05) is 4.90 Å². The molecule has 0 radical (unpaired) electrons. The van der Waals surface area contributed by atoms with Crippen LogP contribution >= 0.6 is 11.3 Å². The van der Waals surface area contributed by atoms with Crippen LogP contribution in [0.15, 0.2) is 199 Å². The third-order valence-corrected chi connectivity index (χ3v) is 14.4. The third-order valence-electron chi connectivity index (χ3n) is 13.2. The van der Waals surface area contributed by atoms with Crippen molar-refractivity contribution in [3.8, 4) is 27.9 Å². The fourth-order valence-electron chi connectivity index (χ4n) is 10.3. The van der Waals surface area contributed by atoms with E-state index in [4.69, 9.17) is 4.42 Å². The predicted octanol–water partition coefficient (Wildman–Crippen LogP) is 16.5.